The second kappa shape index (κ2) is 22.6. The van der Waals surface area contributed by atoms with Crippen LogP contribution in [0.2, 0.25) is 0 Å². The van der Waals surface area contributed by atoms with E-state index in [1.807, 2.05) is 19.9 Å². The number of hydrogen-bond acceptors (Lipinski definition) is 0. The zero-order valence-electron chi connectivity index (χ0n) is 28.6. The Hall–Kier alpha value is -2.93. The summed E-state index contributed by atoms with van der Waals surface area (Å²) in [4.78, 5) is 0. The zero-order chi connectivity index (χ0) is 32.1. The van der Waals surface area contributed by atoms with Gasteiger partial charge >= 0.3 is 0 Å². The Kier molecular flexibility index (Phi) is 21.1. The summed E-state index contributed by atoms with van der Waals surface area (Å²) >= 11 is 0. The number of rotatable bonds is 4. The number of allylic oxidation sites excluding steroid dienone is 7. The molecule has 2 aromatic rings. The quantitative estimate of drug-likeness (QED) is 0.320. The lowest BCUT2D eigenvalue weighted by Gasteiger charge is -2.20. The van der Waals surface area contributed by atoms with Gasteiger partial charge in [0.25, 0.3) is 0 Å². The van der Waals surface area contributed by atoms with E-state index in [1.165, 1.54) is 56.1 Å². The highest BCUT2D eigenvalue weighted by molar-refractivity contribution is 5.49. The smallest absolute Gasteiger partial charge is 0.126 e. The summed E-state index contributed by atoms with van der Waals surface area (Å²) in [6.45, 7) is 30.7. The second-order valence-electron chi connectivity index (χ2n) is 11.7. The van der Waals surface area contributed by atoms with Crippen LogP contribution in [0.4, 0.5) is 4.39 Å². The molecule has 0 nitrogen and oxygen atoms in total. The molecule has 0 amide bonds. The van der Waals surface area contributed by atoms with Gasteiger partial charge in [0.1, 0.15) is 5.82 Å². The molecular formula is C41H61F. The Morgan fingerprint density at radius 2 is 1.48 bits per heavy atom. The number of hydrogen-bond donors (Lipinski definition) is 0. The predicted molar refractivity (Wildman–Crippen MR) is 189 cm³/mol. The lowest BCUT2D eigenvalue weighted by atomic mass is 9.84. The average Bonchev–Trinajstić information content (AvgIpc) is 2.98. The first-order valence-corrected chi connectivity index (χ1v) is 16.1. The largest absolute Gasteiger partial charge is 0.207 e. The van der Waals surface area contributed by atoms with E-state index >= 15 is 0 Å². The molecule has 1 heteroatoms. The van der Waals surface area contributed by atoms with Gasteiger partial charge in [-0.25, -0.2) is 4.39 Å². The highest BCUT2D eigenvalue weighted by atomic mass is 19.1. The number of halogens is 1. The minimum Gasteiger partial charge on any atom is -0.207 e. The monoisotopic (exact) mass is 572 g/mol. The molecule has 0 N–H and O–H groups in total. The Balaban J connectivity index is 0.000000533. The van der Waals surface area contributed by atoms with Crippen LogP contribution in [0.3, 0.4) is 0 Å². The zero-order valence-corrected chi connectivity index (χ0v) is 28.6. The first-order chi connectivity index (χ1) is 19.9. The van der Waals surface area contributed by atoms with Crippen LogP contribution < -0.4 is 0 Å². The van der Waals surface area contributed by atoms with E-state index in [0.29, 0.717) is 11.5 Å². The maximum absolute atomic E-state index is 13.0. The van der Waals surface area contributed by atoms with Crippen LogP contribution in [0, 0.1) is 24.6 Å². The third-order valence-electron chi connectivity index (χ3n) is 7.57. The lowest BCUT2D eigenvalue weighted by molar-refractivity contribution is 0.501. The standard InChI is InChI=1S/C11H13F.2C11H14.2C4H10/c1-8(2)6-10-5-4-9(3)11(12)7-10;1-9-6-7-10-4-2-3-5-11(10)8-9;1-5-11-7-6-8(2)9(3)10(11)4;2*1-3-4-2/h4-5,7H,1,6H2,2-3H3;2-5,9H,6-8H2,1H3;5-7,9H,2,4H2,1,3H3;2*3-4H2,1-2H3/b;;11-5-;;. The fourth-order valence-corrected chi connectivity index (χ4v) is 4.18. The molecule has 0 saturated carbocycles. The third-order valence-corrected chi connectivity index (χ3v) is 7.57. The predicted octanol–water partition coefficient (Wildman–Crippen LogP) is 12.9. The fourth-order valence-electron chi connectivity index (χ4n) is 4.18. The van der Waals surface area contributed by atoms with Crippen molar-refractivity contribution in [1.82, 2.24) is 0 Å². The van der Waals surface area contributed by atoms with Gasteiger partial charge in [0.2, 0.25) is 0 Å². The van der Waals surface area contributed by atoms with Crippen molar-refractivity contribution in [3.05, 3.63) is 131 Å². The Bertz CT molecular complexity index is 1140. The lowest BCUT2D eigenvalue weighted by Crippen LogP contribution is -2.10. The van der Waals surface area contributed by atoms with E-state index in [4.69, 9.17) is 0 Å². The Labute approximate surface area is 260 Å². The van der Waals surface area contributed by atoms with Crippen LogP contribution in [-0.4, -0.2) is 0 Å². The van der Waals surface area contributed by atoms with E-state index in [9.17, 15) is 4.39 Å². The molecule has 0 heterocycles. The van der Waals surface area contributed by atoms with Crippen molar-refractivity contribution < 1.29 is 4.39 Å². The van der Waals surface area contributed by atoms with Crippen molar-refractivity contribution >= 4 is 0 Å². The molecule has 2 aliphatic carbocycles. The third kappa shape index (κ3) is 15.9. The Morgan fingerprint density at radius 1 is 0.905 bits per heavy atom. The summed E-state index contributed by atoms with van der Waals surface area (Å²) in [5.41, 5.74) is 9.46. The van der Waals surface area contributed by atoms with Gasteiger partial charge in [-0.3, -0.25) is 0 Å². The summed E-state index contributed by atoms with van der Waals surface area (Å²) < 4.78 is 13.0. The maximum atomic E-state index is 13.0. The van der Waals surface area contributed by atoms with Crippen molar-refractivity contribution in [1.29, 1.82) is 0 Å². The van der Waals surface area contributed by atoms with Crippen molar-refractivity contribution in [3.63, 3.8) is 0 Å². The summed E-state index contributed by atoms with van der Waals surface area (Å²) in [7, 11) is 0. The molecule has 0 radical (unpaired) electrons. The molecule has 0 spiro atoms. The topological polar surface area (TPSA) is 0 Å². The molecule has 2 aliphatic rings. The van der Waals surface area contributed by atoms with E-state index in [1.54, 1.807) is 30.2 Å². The van der Waals surface area contributed by atoms with Gasteiger partial charge in [0, 0.05) is 5.92 Å². The molecule has 0 aromatic heterocycles. The molecule has 2 unspecified atom stereocenters. The van der Waals surface area contributed by atoms with Crippen molar-refractivity contribution in [2.75, 3.05) is 0 Å². The summed E-state index contributed by atoms with van der Waals surface area (Å²) in [5, 5.41) is 0. The van der Waals surface area contributed by atoms with Gasteiger partial charge in [-0.15, -0.1) is 0 Å². The van der Waals surface area contributed by atoms with Crippen molar-refractivity contribution in [3.8, 4) is 0 Å². The van der Waals surface area contributed by atoms with Crippen LogP contribution in [-0.2, 0) is 19.3 Å². The molecule has 42 heavy (non-hydrogen) atoms. The normalized spacial score (nSPS) is 17.6. The summed E-state index contributed by atoms with van der Waals surface area (Å²) in [6, 6.07) is 14.1. The first kappa shape index (κ1) is 39.1. The molecule has 0 saturated heterocycles. The van der Waals surface area contributed by atoms with Crippen LogP contribution in [0.25, 0.3) is 0 Å². The first-order valence-electron chi connectivity index (χ1n) is 16.1. The van der Waals surface area contributed by atoms with Crippen LogP contribution in [0.1, 0.15) is 110 Å². The average molecular weight is 573 g/mol. The molecule has 0 fully saturated rings. The molecular weight excluding hydrogens is 511 g/mol. The van der Waals surface area contributed by atoms with E-state index in [0.717, 1.165) is 29.0 Å². The molecule has 0 aliphatic heterocycles. The van der Waals surface area contributed by atoms with Gasteiger partial charge in [-0.1, -0.05) is 147 Å². The highest BCUT2D eigenvalue weighted by Gasteiger charge is 2.15. The van der Waals surface area contributed by atoms with Crippen molar-refractivity contribution in [2.24, 2.45) is 11.8 Å². The summed E-state index contributed by atoms with van der Waals surface area (Å²) in [5.74, 6) is 1.17. The number of unbranched alkanes of at least 4 members (excludes halogenated alkanes) is 2. The minimum atomic E-state index is -0.131. The van der Waals surface area contributed by atoms with Gasteiger partial charge in [0.15, 0.2) is 0 Å². The number of aryl methyl sites for hydroxylation is 2. The maximum Gasteiger partial charge on any atom is 0.126 e. The van der Waals surface area contributed by atoms with Crippen LogP contribution >= 0.6 is 0 Å². The number of fused-ring (bicyclic) bond motifs is 1. The van der Waals surface area contributed by atoms with Crippen molar-refractivity contribution in [2.45, 2.75) is 114 Å². The van der Waals surface area contributed by atoms with Gasteiger partial charge in [-0.05, 0) is 97.4 Å². The van der Waals surface area contributed by atoms with E-state index in [-0.39, 0.29) is 5.82 Å². The fraction of sp³-hybridized carbons (Fsp3) is 0.463. The molecule has 2 aromatic carbocycles. The molecule has 0 bridgehead atoms. The number of benzene rings is 2. The van der Waals surface area contributed by atoms with Crippen LogP contribution in [0.15, 0.2) is 103 Å². The van der Waals surface area contributed by atoms with Crippen LogP contribution in [0.5, 0.6) is 0 Å². The van der Waals surface area contributed by atoms with Gasteiger partial charge in [-0.2, -0.15) is 0 Å². The molecule has 232 valence electrons. The highest BCUT2D eigenvalue weighted by Crippen LogP contribution is 2.30. The Morgan fingerprint density at radius 3 is 1.98 bits per heavy atom. The van der Waals surface area contributed by atoms with Gasteiger partial charge in [0.05, 0.1) is 0 Å². The molecule has 2 atom stereocenters. The van der Waals surface area contributed by atoms with Gasteiger partial charge < -0.3 is 0 Å². The summed E-state index contributed by atoms with van der Waals surface area (Å²) in [6.07, 6.45) is 16.2. The SMILES string of the molecule is C=C(C)Cc1ccc(C)c(F)c1.C=C1C=C/C(=C/C)C(=C)C1C.CC1CCc2ccccc2C1.CCCC.CCCC. The van der Waals surface area contributed by atoms with E-state index < -0.39 is 0 Å². The second-order valence-corrected chi connectivity index (χ2v) is 11.7. The van der Waals surface area contributed by atoms with E-state index in [2.05, 4.69) is 104 Å². The molecule has 4 rings (SSSR count). The minimum absolute atomic E-state index is 0.131.